The van der Waals surface area contributed by atoms with Crippen molar-refractivity contribution in [3.63, 3.8) is 0 Å². The Morgan fingerprint density at radius 2 is 1.76 bits per heavy atom. The predicted octanol–water partition coefficient (Wildman–Crippen LogP) is 7.35. The number of hydrogen-bond donors (Lipinski definition) is 3. The summed E-state index contributed by atoms with van der Waals surface area (Å²) in [7, 11) is 0. The molecule has 0 unspecified atom stereocenters. The fourth-order valence-corrected chi connectivity index (χ4v) is 5.52. The summed E-state index contributed by atoms with van der Waals surface area (Å²) in [6.07, 6.45) is 12.3. The lowest BCUT2D eigenvalue weighted by Gasteiger charge is -2.15. The first kappa shape index (κ1) is 22.4. The molecule has 0 radical (unpaired) electrons. The first-order chi connectivity index (χ1) is 18.7. The number of fused-ring (bicyclic) bond motifs is 2. The van der Waals surface area contributed by atoms with Gasteiger partial charge in [0.2, 0.25) is 0 Å². The molecule has 0 atom stereocenters. The molecule has 3 N–H and O–H groups in total. The highest BCUT2D eigenvalue weighted by atomic mass is 15.1. The summed E-state index contributed by atoms with van der Waals surface area (Å²) in [6, 6.07) is 18.6. The van der Waals surface area contributed by atoms with E-state index in [1.807, 2.05) is 49.1 Å². The molecule has 186 valence electrons. The molecule has 1 aliphatic carbocycles. The zero-order valence-electron chi connectivity index (χ0n) is 20.9. The van der Waals surface area contributed by atoms with Gasteiger partial charge in [0.05, 0.1) is 28.8 Å². The van der Waals surface area contributed by atoms with E-state index in [-0.39, 0.29) is 0 Å². The quantitative estimate of drug-likeness (QED) is 0.224. The van der Waals surface area contributed by atoms with E-state index in [9.17, 15) is 0 Å². The molecular weight excluding hydrogens is 470 g/mol. The minimum atomic E-state index is 0.539. The van der Waals surface area contributed by atoms with E-state index in [1.165, 1.54) is 25.7 Å². The van der Waals surface area contributed by atoms with Crippen molar-refractivity contribution in [2.75, 3.05) is 5.32 Å². The van der Waals surface area contributed by atoms with E-state index in [4.69, 9.17) is 4.98 Å². The van der Waals surface area contributed by atoms with Crippen molar-refractivity contribution in [3.8, 4) is 33.8 Å². The van der Waals surface area contributed by atoms with E-state index >= 15 is 0 Å². The van der Waals surface area contributed by atoms with Gasteiger partial charge in [0, 0.05) is 40.8 Å². The number of aromatic amines is 2. The summed E-state index contributed by atoms with van der Waals surface area (Å²) in [5.74, 6) is 0.539. The molecule has 1 saturated carbocycles. The van der Waals surface area contributed by atoms with Gasteiger partial charge in [-0.25, -0.2) is 4.98 Å². The van der Waals surface area contributed by atoms with Crippen molar-refractivity contribution in [1.29, 1.82) is 0 Å². The van der Waals surface area contributed by atoms with Crippen molar-refractivity contribution < 1.29 is 0 Å². The maximum absolute atomic E-state index is 5.02. The lowest BCUT2D eigenvalue weighted by Crippen LogP contribution is -2.07. The maximum Gasteiger partial charge on any atom is 0.135 e. The van der Waals surface area contributed by atoms with Gasteiger partial charge in [0.15, 0.2) is 0 Å². The molecule has 1 aromatic carbocycles. The summed E-state index contributed by atoms with van der Waals surface area (Å²) in [6.45, 7) is 4.28. The van der Waals surface area contributed by atoms with Crippen LogP contribution in [-0.4, -0.2) is 30.1 Å². The molecule has 0 bridgehead atoms. The van der Waals surface area contributed by atoms with Crippen LogP contribution in [0.2, 0.25) is 0 Å². The van der Waals surface area contributed by atoms with Crippen LogP contribution in [0.5, 0.6) is 0 Å². The molecule has 0 amide bonds. The van der Waals surface area contributed by atoms with Gasteiger partial charge in [-0.2, -0.15) is 5.10 Å². The van der Waals surface area contributed by atoms with E-state index in [1.54, 1.807) is 0 Å². The molecule has 5 aromatic heterocycles. The number of benzene rings is 1. The summed E-state index contributed by atoms with van der Waals surface area (Å²) in [5.41, 5.74) is 10.5. The second-order valence-electron chi connectivity index (χ2n) is 9.94. The molecule has 38 heavy (non-hydrogen) atoms. The molecular formula is C31H27N7. The van der Waals surface area contributed by atoms with Crippen LogP contribution in [0.25, 0.3) is 55.7 Å². The average molecular weight is 498 g/mol. The SMILES string of the molecule is C=C(Nc1cncc(-c2ccc3[nH]nc(-c4cc5c(-c6ccncc6)cccc5[nH]4)c3n2)c1)C1CCCC1. The van der Waals surface area contributed by atoms with Crippen molar-refractivity contribution in [3.05, 3.63) is 91.7 Å². The number of hydrogen-bond acceptors (Lipinski definition) is 5. The van der Waals surface area contributed by atoms with Gasteiger partial charge < -0.3 is 10.3 Å². The number of nitrogens with one attached hydrogen (secondary N) is 3. The lowest BCUT2D eigenvalue weighted by molar-refractivity contribution is 0.649. The normalized spacial score (nSPS) is 13.9. The Kier molecular flexibility index (Phi) is 5.47. The fourth-order valence-electron chi connectivity index (χ4n) is 5.52. The predicted molar refractivity (Wildman–Crippen MR) is 152 cm³/mol. The van der Waals surface area contributed by atoms with Crippen LogP contribution >= 0.6 is 0 Å². The Balaban J connectivity index is 1.25. The van der Waals surface area contributed by atoms with Gasteiger partial charge in [0.25, 0.3) is 0 Å². The van der Waals surface area contributed by atoms with Crippen molar-refractivity contribution in [1.82, 2.24) is 30.1 Å². The minimum Gasteiger partial charge on any atom is -0.358 e. The Morgan fingerprint density at radius 1 is 0.895 bits per heavy atom. The molecule has 0 saturated heterocycles. The summed E-state index contributed by atoms with van der Waals surface area (Å²) >= 11 is 0. The number of allylic oxidation sites excluding steroid dienone is 1. The standard InChI is InChI=1S/C31H27N7/c1-19(20-5-2-3-6-20)34-23-15-22(17-33-18-23)26-9-10-28-30(36-26)31(38-37-28)29-16-25-24(7-4-8-27(25)35-29)21-11-13-32-14-12-21/h4,7-18,20,34-35H,1-3,5-6H2,(H,37,38). The second kappa shape index (κ2) is 9.27. The van der Waals surface area contributed by atoms with E-state index < -0.39 is 0 Å². The average Bonchev–Trinajstić information content (AvgIpc) is 3.73. The Labute approximate surface area is 220 Å². The van der Waals surface area contributed by atoms with Crippen molar-refractivity contribution in [2.24, 2.45) is 5.92 Å². The molecule has 7 rings (SSSR count). The minimum absolute atomic E-state index is 0.539. The molecule has 1 fully saturated rings. The third-order valence-electron chi connectivity index (χ3n) is 7.51. The maximum atomic E-state index is 5.02. The summed E-state index contributed by atoms with van der Waals surface area (Å²) < 4.78 is 0. The zero-order chi connectivity index (χ0) is 25.5. The number of anilines is 1. The highest BCUT2D eigenvalue weighted by Gasteiger charge is 2.19. The van der Waals surface area contributed by atoms with Crippen molar-refractivity contribution in [2.45, 2.75) is 25.7 Å². The Morgan fingerprint density at radius 3 is 2.63 bits per heavy atom. The summed E-state index contributed by atoms with van der Waals surface area (Å²) in [5, 5.41) is 12.4. The topological polar surface area (TPSA) is 95.2 Å². The van der Waals surface area contributed by atoms with Gasteiger partial charge in [-0.3, -0.25) is 15.1 Å². The number of pyridine rings is 3. The van der Waals surface area contributed by atoms with Gasteiger partial charge >= 0.3 is 0 Å². The molecule has 6 aromatic rings. The molecule has 7 nitrogen and oxygen atoms in total. The third kappa shape index (κ3) is 4.02. The van der Waals surface area contributed by atoms with Crippen LogP contribution in [0.1, 0.15) is 25.7 Å². The summed E-state index contributed by atoms with van der Waals surface area (Å²) in [4.78, 5) is 17.2. The number of nitrogens with zero attached hydrogens (tertiary/aromatic N) is 4. The smallest absolute Gasteiger partial charge is 0.135 e. The van der Waals surface area contributed by atoms with Crippen LogP contribution in [0.15, 0.2) is 91.7 Å². The van der Waals surface area contributed by atoms with Gasteiger partial charge in [0.1, 0.15) is 11.2 Å². The first-order valence-corrected chi connectivity index (χ1v) is 13.0. The van der Waals surface area contributed by atoms with Crippen LogP contribution in [-0.2, 0) is 0 Å². The fraction of sp³-hybridized carbons (Fsp3) is 0.161. The monoisotopic (exact) mass is 497 g/mol. The van der Waals surface area contributed by atoms with E-state index in [2.05, 4.69) is 67.4 Å². The van der Waals surface area contributed by atoms with Crippen molar-refractivity contribution >= 4 is 27.6 Å². The molecule has 1 aliphatic rings. The zero-order valence-corrected chi connectivity index (χ0v) is 20.9. The Hall–Kier alpha value is -4.78. The second-order valence-corrected chi connectivity index (χ2v) is 9.94. The third-order valence-corrected chi connectivity index (χ3v) is 7.51. The first-order valence-electron chi connectivity index (χ1n) is 13.0. The lowest BCUT2D eigenvalue weighted by atomic mass is 10.0. The highest BCUT2D eigenvalue weighted by Crippen LogP contribution is 2.35. The van der Waals surface area contributed by atoms with E-state index in [0.717, 1.165) is 67.1 Å². The highest BCUT2D eigenvalue weighted by molar-refractivity contribution is 6.00. The molecule has 0 aliphatic heterocycles. The largest absolute Gasteiger partial charge is 0.358 e. The van der Waals surface area contributed by atoms with Gasteiger partial charge in [-0.05, 0) is 72.4 Å². The number of rotatable bonds is 6. The van der Waals surface area contributed by atoms with E-state index in [0.29, 0.717) is 5.92 Å². The molecule has 0 spiro atoms. The van der Waals surface area contributed by atoms with Crippen LogP contribution in [0.3, 0.4) is 0 Å². The molecule has 5 heterocycles. The van der Waals surface area contributed by atoms with Crippen LogP contribution in [0, 0.1) is 5.92 Å². The van der Waals surface area contributed by atoms with Gasteiger partial charge in [-0.1, -0.05) is 31.6 Å². The Bertz CT molecular complexity index is 1770. The number of H-pyrrole nitrogens is 2. The number of aromatic nitrogens is 6. The molecule has 7 heteroatoms. The van der Waals surface area contributed by atoms with Gasteiger partial charge in [-0.15, -0.1) is 0 Å². The van der Waals surface area contributed by atoms with Crippen LogP contribution in [0.4, 0.5) is 5.69 Å². The van der Waals surface area contributed by atoms with Crippen LogP contribution < -0.4 is 5.32 Å².